The molecule has 7 nitrogen and oxygen atoms in total. The van der Waals surface area contributed by atoms with E-state index < -0.39 is 23.1 Å². The van der Waals surface area contributed by atoms with E-state index in [2.05, 4.69) is 37.4 Å². The topological polar surface area (TPSA) is 58.9 Å². The number of methoxy groups -OCH3 is 3. The first-order valence-electron chi connectivity index (χ1n) is 12.7. The van der Waals surface area contributed by atoms with E-state index >= 15 is 4.39 Å². The molecule has 1 saturated heterocycles. The second-order valence-corrected chi connectivity index (χ2v) is 11.7. The summed E-state index contributed by atoms with van der Waals surface area (Å²) in [5.74, 6) is -1.25. The van der Waals surface area contributed by atoms with E-state index in [4.69, 9.17) is 19.2 Å². The Hall–Kier alpha value is -2.38. The number of halogens is 4. The number of ether oxygens (including phenoxy) is 3. The van der Waals surface area contributed by atoms with Crippen LogP contribution in [0.25, 0.3) is 0 Å². The third-order valence-corrected chi connectivity index (χ3v) is 8.29. The Labute approximate surface area is 241 Å². The number of nitrogens with zero attached hydrogens (tertiary/aromatic N) is 4. The summed E-state index contributed by atoms with van der Waals surface area (Å²) in [7, 11) is 4.80. The van der Waals surface area contributed by atoms with Crippen molar-refractivity contribution in [3.63, 3.8) is 0 Å². The monoisotopic (exact) mass is 658 g/mol. The Morgan fingerprint density at radius 2 is 1.51 bits per heavy atom. The van der Waals surface area contributed by atoms with Crippen molar-refractivity contribution in [1.82, 2.24) is 9.80 Å². The summed E-state index contributed by atoms with van der Waals surface area (Å²) >= 11 is 2.10. The molecule has 4 rings (SSSR count). The molecule has 2 aromatic rings. The van der Waals surface area contributed by atoms with Gasteiger partial charge < -0.3 is 14.2 Å². The van der Waals surface area contributed by atoms with Crippen LogP contribution in [0.2, 0.25) is 0 Å². The molecule has 2 unspecified atom stereocenters. The number of hydrogen-bond donors (Lipinski definition) is 0. The van der Waals surface area contributed by atoms with Crippen LogP contribution in [0.3, 0.4) is 0 Å². The molecule has 2 heterocycles. The fraction of sp³-hybridized carbons (Fsp3) is 0.500. The number of benzene rings is 2. The van der Waals surface area contributed by atoms with Crippen LogP contribution >= 0.6 is 22.6 Å². The summed E-state index contributed by atoms with van der Waals surface area (Å²) in [6.45, 7) is 9.28. The van der Waals surface area contributed by atoms with Crippen molar-refractivity contribution in [2.45, 2.75) is 36.9 Å². The molecule has 2 atom stereocenters. The Bertz CT molecular complexity index is 1300. The summed E-state index contributed by atoms with van der Waals surface area (Å²) in [4.78, 5) is 14.1. The zero-order chi connectivity index (χ0) is 28.5. The average Bonchev–Trinajstić information content (AvgIpc) is 3.26. The molecule has 2 aliphatic heterocycles. The highest BCUT2D eigenvalue weighted by molar-refractivity contribution is 14.1. The molecule has 0 radical (unpaired) electrons. The van der Waals surface area contributed by atoms with Gasteiger partial charge >= 0.3 is 0 Å². The van der Waals surface area contributed by atoms with Crippen molar-refractivity contribution in [2.75, 3.05) is 54.1 Å². The first-order chi connectivity index (χ1) is 18.6. The predicted octanol–water partition coefficient (Wildman–Crippen LogP) is 5.15. The Morgan fingerprint density at radius 1 is 0.897 bits per heavy atom. The maximum Gasteiger partial charge on any atom is 0.203 e. The van der Waals surface area contributed by atoms with Gasteiger partial charge in [0.1, 0.15) is 5.82 Å². The van der Waals surface area contributed by atoms with Gasteiger partial charge in [-0.1, -0.05) is 28.7 Å². The highest BCUT2D eigenvalue weighted by atomic mass is 127. The van der Waals surface area contributed by atoms with Gasteiger partial charge in [-0.25, -0.2) is 13.2 Å². The fourth-order valence-electron chi connectivity index (χ4n) is 5.09. The minimum atomic E-state index is -1.41. The van der Waals surface area contributed by atoms with Gasteiger partial charge in [-0.15, -0.1) is 0 Å². The van der Waals surface area contributed by atoms with Crippen LogP contribution in [0.1, 0.15) is 30.5 Å². The molecular formula is C28H34F3IN4O3. The second-order valence-electron chi connectivity index (χ2n) is 9.80. The molecule has 0 amide bonds. The van der Waals surface area contributed by atoms with Gasteiger partial charge in [-0.3, -0.25) is 19.8 Å². The molecule has 0 aromatic heterocycles. The quantitative estimate of drug-likeness (QED) is 0.212. The van der Waals surface area contributed by atoms with E-state index in [1.807, 2.05) is 26.0 Å². The SMILES string of the molecule is COc1ccc(CN2CCN(CC3=NC(c4cc(F)c(C)c(F)c4F)(C(C)I)N=C3C)CC2)c(OC)c1OC. The Kier molecular flexibility index (Phi) is 9.12. The van der Waals surface area contributed by atoms with Gasteiger partial charge in [0.05, 0.1) is 36.7 Å². The third-order valence-electron chi connectivity index (χ3n) is 7.42. The number of piperazine rings is 1. The second kappa shape index (κ2) is 12.0. The predicted molar refractivity (Wildman–Crippen MR) is 155 cm³/mol. The van der Waals surface area contributed by atoms with Crippen LogP contribution in [-0.4, -0.2) is 79.2 Å². The van der Waals surface area contributed by atoms with E-state index in [1.54, 1.807) is 21.3 Å². The largest absolute Gasteiger partial charge is 0.493 e. The Morgan fingerprint density at radius 3 is 2.08 bits per heavy atom. The van der Waals surface area contributed by atoms with Crippen molar-refractivity contribution in [2.24, 2.45) is 9.98 Å². The van der Waals surface area contributed by atoms with E-state index in [0.29, 0.717) is 41.8 Å². The van der Waals surface area contributed by atoms with Crippen molar-refractivity contribution in [3.05, 3.63) is 52.3 Å². The Balaban J connectivity index is 1.48. The maximum absolute atomic E-state index is 15.1. The lowest BCUT2D eigenvalue weighted by Gasteiger charge is -2.35. The zero-order valence-electron chi connectivity index (χ0n) is 23.1. The van der Waals surface area contributed by atoms with Gasteiger partial charge in [0.15, 0.2) is 28.8 Å². The zero-order valence-corrected chi connectivity index (χ0v) is 25.2. The van der Waals surface area contributed by atoms with Crippen LogP contribution in [0.4, 0.5) is 13.2 Å². The van der Waals surface area contributed by atoms with Gasteiger partial charge in [-0.2, -0.15) is 0 Å². The molecule has 0 spiro atoms. The van der Waals surface area contributed by atoms with Gasteiger partial charge in [-0.05, 0) is 32.9 Å². The number of hydrogen-bond acceptors (Lipinski definition) is 7. The van der Waals surface area contributed by atoms with Gasteiger partial charge in [0, 0.05) is 56.0 Å². The van der Waals surface area contributed by atoms with E-state index in [1.165, 1.54) is 6.92 Å². The molecule has 212 valence electrons. The maximum atomic E-state index is 15.1. The van der Waals surface area contributed by atoms with Crippen molar-refractivity contribution in [3.8, 4) is 17.2 Å². The lowest BCUT2D eigenvalue weighted by Crippen LogP contribution is -2.48. The molecule has 2 aliphatic rings. The molecule has 11 heteroatoms. The lowest BCUT2D eigenvalue weighted by atomic mass is 9.95. The fourth-order valence-corrected chi connectivity index (χ4v) is 5.71. The molecule has 0 N–H and O–H groups in total. The summed E-state index contributed by atoms with van der Waals surface area (Å²) in [5.41, 5.74) is 0.427. The molecular weight excluding hydrogens is 624 g/mol. The molecule has 0 aliphatic carbocycles. The lowest BCUT2D eigenvalue weighted by molar-refractivity contribution is 0.139. The van der Waals surface area contributed by atoms with E-state index in [0.717, 1.165) is 37.8 Å². The number of rotatable bonds is 9. The first kappa shape index (κ1) is 29.6. The highest BCUT2D eigenvalue weighted by Gasteiger charge is 2.44. The molecule has 39 heavy (non-hydrogen) atoms. The van der Waals surface area contributed by atoms with Crippen LogP contribution in [0.5, 0.6) is 17.2 Å². The molecule has 0 bridgehead atoms. The molecule has 0 saturated carbocycles. The summed E-state index contributed by atoms with van der Waals surface area (Å²) in [6, 6.07) is 4.90. The van der Waals surface area contributed by atoms with E-state index in [9.17, 15) is 8.78 Å². The summed E-state index contributed by atoms with van der Waals surface area (Å²) in [6.07, 6.45) is 0. The molecule has 1 fully saturated rings. The highest BCUT2D eigenvalue weighted by Crippen LogP contribution is 2.42. The smallest absolute Gasteiger partial charge is 0.203 e. The number of alkyl halides is 1. The minimum Gasteiger partial charge on any atom is -0.493 e. The third kappa shape index (κ3) is 5.62. The summed E-state index contributed by atoms with van der Waals surface area (Å²) < 4.78 is 60.2. The van der Waals surface area contributed by atoms with Crippen LogP contribution in [-0.2, 0) is 12.2 Å². The normalized spacial score (nSPS) is 21.0. The van der Waals surface area contributed by atoms with Crippen LogP contribution < -0.4 is 14.2 Å². The molecule has 2 aromatic carbocycles. The van der Waals surface area contributed by atoms with Crippen LogP contribution in [0.15, 0.2) is 28.2 Å². The van der Waals surface area contributed by atoms with Gasteiger partial charge in [0.25, 0.3) is 0 Å². The summed E-state index contributed by atoms with van der Waals surface area (Å²) in [5, 5.41) is 0. The van der Waals surface area contributed by atoms with Gasteiger partial charge in [0.2, 0.25) is 5.75 Å². The number of aliphatic imine (C=N–C) groups is 2. The van der Waals surface area contributed by atoms with E-state index in [-0.39, 0.29) is 15.1 Å². The average molecular weight is 659 g/mol. The first-order valence-corrected chi connectivity index (χ1v) is 14.0. The van der Waals surface area contributed by atoms with Crippen molar-refractivity contribution in [1.29, 1.82) is 0 Å². The van der Waals surface area contributed by atoms with Crippen molar-refractivity contribution < 1.29 is 27.4 Å². The van der Waals surface area contributed by atoms with Crippen molar-refractivity contribution >= 4 is 34.0 Å². The standard InChI is InChI=1S/C28H34F3IN4O3/c1-16-21(29)13-20(25(31)24(16)30)28(18(3)32)33-17(2)22(34-28)15-36-11-9-35(10-12-36)14-19-7-8-23(37-4)27(39-6)26(19)38-5/h7-8,13,18H,9-12,14-15H2,1-6H3. The minimum absolute atomic E-state index is 0.173. The van der Waals surface area contributed by atoms with Crippen LogP contribution in [0, 0.1) is 24.4 Å².